The summed E-state index contributed by atoms with van der Waals surface area (Å²) in [5.41, 5.74) is 1.13. The first-order chi connectivity index (χ1) is 5.72. The lowest BCUT2D eigenvalue weighted by atomic mass is 10.1. The largest absolute Gasteiger partial charge is 0.389 e. The Morgan fingerprint density at radius 3 is 2.50 bits per heavy atom. The van der Waals surface area contributed by atoms with Crippen LogP contribution in [0.5, 0.6) is 0 Å². The van der Waals surface area contributed by atoms with E-state index in [1.807, 2.05) is 13.8 Å². The van der Waals surface area contributed by atoms with Crippen LogP contribution >= 0.6 is 0 Å². The van der Waals surface area contributed by atoms with E-state index in [-0.39, 0.29) is 6.10 Å². The average Bonchev–Trinajstić information content (AvgIpc) is 2.10. The molecule has 0 aliphatic rings. The summed E-state index contributed by atoms with van der Waals surface area (Å²) in [5, 5.41) is 9.41. The minimum atomic E-state index is -0.216. The first-order valence-corrected chi connectivity index (χ1v) is 5.07. The van der Waals surface area contributed by atoms with Gasteiger partial charge in [-0.2, -0.15) is 0 Å². The highest BCUT2D eigenvalue weighted by atomic mass is 16.3. The molecule has 1 atom stereocenters. The Morgan fingerprint density at radius 1 is 1.33 bits per heavy atom. The summed E-state index contributed by atoms with van der Waals surface area (Å²) in [4.78, 5) is 0. The monoisotopic (exact) mass is 170 g/mol. The van der Waals surface area contributed by atoms with Crippen molar-refractivity contribution in [3.63, 3.8) is 0 Å². The van der Waals surface area contributed by atoms with Crippen LogP contribution in [0.3, 0.4) is 0 Å². The number of hydrogen-bond donors (Lipinski definition) is 1. The second kappa shape index (κ2) is 7.35. The Hall–Kier alpha value is -0.300. The molecule has 0 fully saturated rings. The van der Waals surface area contributed by atoms with E-state index in [9.17, 15) is 5.11 Å². The lowest BCUT2D eigenvalue weighted by Crippen LogP contribution is -2.05. The second-order valence-electron chi connectivity index (χ2n) is 3.37. The lowest BCUT2D eigenvalue weighted by Gasteiger charge is -2.07. The molecule has 0 aliphatic carbocycles. The first-order valence-electron chi connectivity index (χ1n) is 5.07. The Morgan fingerprint density at radius 2 is 2.00 bits per heavy atom. The molecular weight excluding hydrogens is 148 g/mol. The Bertz CT molecular complexity index is 127. The highest BCUT2D eigenvalue weighted by Crippen LogP contribution is 2.08. The molecule has 1 unspecified atom stereocenters. The topological polar surface area (TPSA) is 20.2 Å². The molecule has 0 aromatic carbocycles. The van der Waals surface area contributed by atoms with Crippen LogP contribution in [0.15, 0.2) is 11.6 Å². The van der Waals surface area contributed by atoms with Crippen LogP contribution in [0.25, 0.3) is 0 Å². The standard InChI is InChI=1S/C11H22O/c1-4-6-7-8-9-10(3)11(12)5-2/h9,11-12H,4-8H2,1-3H3/b10-9+. The van der Waals surface area contributed by atoms with Crippen LogP contribution in [0, 0.1) is 0 Å². The molecule has 0 aliphatic heterocycles. The highest BCUT2D eigenvalue weighted by Gasteiger charge is 2.00. The van der Waals surface area contributed by atoms with Crippen molar-refractivity contribution in [1.82, 2.24) is 0 Å². The van der Waals surface area contributed by atoms with Gasteiger partial charge in [-0.25, -0.2) is 0 Å². The van der Waals surface area contributed by atoms with Crippen molar-refractivity contribution in [3.8, 4) is 0 Å². The Labute approximate surface area is 76.5 Å². The third-order valence-corrected chi connectivity index (χ3v) is 2.19. The summed E-state index contributed by atoms with van der Waals surface area (Å²) in [7, 11) is 0. The molecule has 1 heteroatoms. The summed E-state index contributed by atoms with van der Waals surface area (Å²) in [5.74, 6) is 0. The van der Waals surface area contributed by atoms with E-state index >= 15 is 0 Å². The van der Waals surface area contributed by atoms with Crippen LogP contribution in [0.4, 0.5) is 0 Å². The normalized spacial score (nSPS) is 14.8. The van der Waals surface area contributed by atoms with Crippen molar-refractivity contribution in [2.45, 2.75) is 59.0 Å². The van der Waals surface area contributed by atoms with E-state index in [1.54, 1.807) is 0 Å². The van der Waals surface area contributed by atoms with E-state index < -0.39 is 0 Å². The number of aliphatic hydroxyl groups excluding tert-OH is 1. The minimum Gasteiger partial charge on any atom is -0.389 e. The van der Waals surface area contributed by atoms with E-state index in [2.05, 4.69) is 13.0 Å². The van der Waals surface area contributed by atoms with Gasteiger partial charge in [0.2, 0.25) is 0 Å². The summed E-state index contributed by atoms with van der Waals surface area (Å²) < 4.78 is 0. The van der Waals surface area contributed by atoms with E-state index in [0.717, 1.165) is 18.4 Å². The summed E-state index contributed by atoms with van der Waals surface area (Å²) in [6, 6.07) is 0. The zero-order valence-corrected chi connectivity index (χ0v) is 8.64. The number of allylic oxidation sites excluding steroid dienone is 1. The third-order valence-electron chi connectivity index (χ3n) is 2.19. The molecular formula is C11H22O. The predicted octanol–water partition coefficient (Wildman–Crippen LogP) is 3.28. The maximum Gasteiger partial charge on any atom is 0.0744 e. The molecule has 0 rings (SSSR count). The van der Waals surface area contributed by atoms with E-state index in [4.69, 9.17) is 0 Å². The van der Waals surface area contributed by atoms with Crippen LogP contribution in [0.1, 0.15) is 52.9 Å². The van der Waals surface area contributed by atoms with Crippen molar-refractivity contribution in [2.75, 3.05) is 0 Å². The zero-order valence-electron chi connectivity index (χ0n) is 8.64. The molecule has 0 saturated carbocycles. The molecule has 0 amide bonds. The molecule has 12 heavy (non-hydrogen) atoms. The van der Waals surface area contributed by atoms with Gasteiger partial charge < -0.3 is 5.11 Å². The predicted molar refractivity (Wildman–Crippen MR) is 54.2 cm³/mol. The quantitative estimate of drug-likeness (QED) is 0.479. The SMILES string of the molecule is CCCCC/C=C(\C)C(O)CC. The fourth-order valence-electron chi connectivity index (χ4n) is 1.18. The van der Waals surface area contributed by atoms with Gasteiger partial charge >= 0.3 is 0 Å². The third kappa shape index (κ3) is 5.36. The molecule has 72 valence electrons. The molecule has 0 aromatic rings. The van der Waals surface area contributed by atoms with Crippen molar-refractivity contribution in [2.24, 2.45) is 0 Å². The van der Waals surface area contributed by atoms with Gasteiger partial charge in [-0.3, -0.25) is 0 Å². The molecule has 0 bridgehead atoms. The van der Waals surface area contributed by atoms with Gasteiger partial charge in [0.25, 0.3) is 0 Å². The van der Waals surface area contributed by atoms with Crippen molar-refractivity contribution < 1.29 is 5.11 Å². The number of unbranched alkanes of at least 4 members (excludes halogenated alkanes) is 3. The van der Waals surface area contributed by atoms with Crippen molar-refractivity contribution in [3.05, 3.63) is 11.6 Å². The van der Waals surface area contributed by atoms with Crippen molar-refractivity contribution in [1.29, 1.82) is 0 Å². The molecule has 1 N–H and O–H groups in total. The summed E-state index contributed by atoms with van der Waals surface area (Å²) >= 11 is 0. The molecule has 1 nitrogen and oxygen atoms in total. The Balaban J connectivity index is 3.54. The molecule has 0 heterocycles. The minimum absolute atomic E-state index is 0.216. The molecule has 0 saturated heterocycles. The highest BCUT2D eigenvalue weighted by molar-refractivity contribution is 5.03. The lowest BCUT2D eigenvalue weighted by molar-refractivity contribution is 0.206. The summed E-state index contributed by atoms with van der Waals surface area (Å²) in [6.07, 6.45) is 7.72. The average molecular weight is 170 g/mol. The van der Waals surface area contributed by atoms with E-state index in [0.29, 0.717) is 0 Å². The zero-order chi connectivity index (χ0) is 9.40. The number of aliphatic hydroxyl groups is 1. The molecule has 0 aromatic heterocycles. The van der Waals surface area contributed by atoms with Crippen LogP contribution in [-0.4, -0.2) is 11.2 Å². The number of rotatable bonds is 6. The van der Waals surface area contributed by atoms with Gasteiger partial charge in [0.15, 0.2) is 0 Å². The maximum atomic E-state index is 9.41. The van der Waals surface area contributed by atoms with Gasteiger partial charge in [0.05, 0.1) is 6.10 Å². The molecule has 0 spiro atoms. The van der Waals surface area contributed by atoms with Gasteiger partial charge in [0, 0.05) is 0 Å². The smallest absolute Gasteiger partial charge is 0.0744 e. The van der Waals surface area contributed by atoms with Gasteiger partial charge in [-0.1, -0.05) is 32.8 Å². The van der Waals surface area contributed by atoms with Gasteiger partial charge in [-0.05, 0) is 31.8 Å². The summed E-state index contributed by atoms with van der Waals surface area (Å²) in [6.45, 7) is 6.23. The Kier molecular flexibility index (Phi) is 7.17. The maximum absolute atomic E-state index is 9.41. The van der Waals surface area contributed by atoms with Crippen molar-refractivity contribution >= 4 is 0 Å². The molecule has 0 radical (unpaired) electrons. The van der Waals surface area contributed by atoms with Crippen LogP contribution in [0.2, 0.25) is 0 Å². The van der Waals surface area contributed by atoms with Gasteiger partial charge in [0.1, 0.15) is 0 Å². The van der Waals surface area contributed by atoms with E-state index in [1.165, 1.54) is 19.3 Å². The van der Waals surface area contributed by atoms with Crippen LogP contribution in [-0.2, 0) is 0 Å². The fourth-order valence-corrected chi connectivity index (χ4v) is 1.18. The second-order valence-corrected chi connectivity index (χ2v) is 3.37. The number of hydrogen-bond acceptors (Lipinski definition) is 1. The van der Waals surface area contributed by atoms with Gasteiger partial charge in [-0.15, -0.1) is 0 Å². The first kappa shape index (κ1) is 11.7. The van der Waals surface area contributed by atoms with Crippen LogP contribution < -0.4 is 0 Å². The fraction of sp³-hybridized carbons (Fsp3) is 0.818.